The molecule has 0 aromatic heterocycles. The second-order valence-corrected chi connectivity index (χ2v) is 6.70. The van der Waals surface area contributed by atoms with E-state index in [1.807, 2.05) is 0 Å². The normalized spacial score (nSPS) is 11.6. The summed E-state index contributed by atoms with van der Waals surface area (Å²) in [6, 6.07) is 4.37. The van der Waals surface area contributed by atoms with E-state index in [-0.39, 0.29) is 11.4 Å². The molecule has 0 heterocycles. The topological polar surface area (TPSA) is 58.2 Å². The number of benzene rings is 1. The number of unbranched alkanes of at least 4 members (excludes halogenated alkanes) is 1. The van der Waals surface area contributed by atoms with Gasteiger partial charge in [-0.3, -0.25) is 4.72 Å². The summed E-state index contributed by atoms with van der Waals surface area (Å²) in [5, 5.41) is 3.21. The van der Waals surface area contributed by atoms with Gasteiger partial charge in [0, 0.05) is 0 Å². The van der Waals surface area contributed by atoms with Crippen molar-refractivity contribution in [2.45, 2.75) is 33.1 Å². The summed E-state index contributed by atoms with van der Waals surface area (Å²) in [5.74, 6) is -0.544. The fraction of sp³-hybridized carbons (Fsp3) is 0.571. The van der Waals surface area contributed by atoms with E-state index in [9.17, 15) is 12.8 Å². The van der Waals surface area contributed by atoms with Crippen molar-refractivity contribution in [2.24, 2.45) is 0 Å². The Labute approximate surface area is 120 Å². The highest BCUT2D eigenvalue weighted by atomic mass is 32.2. The summed E-state index contributed by atoms with van der Waals surface area (Å²) in [6.45, 7) is 5.62. The summed E-state index contributed by atoms with van der Waals surface area (Å²) in [4.78, 5) is 0. The Morgan fingerprint density at radius 3 is 2.65 bits per heavy atom. The quantitative estimate of drug-likeness (QED) is 0.690. The summed E-state index contributed by atoms with van der Waals surface area (Å²) in [7, 11) is -3.48. The van der Waals surface area contributed by atoms with Gasteiger partial charge < -0.3 is 5.32 Å². The third-order valence-corrected chi connectivity index (χ3v) is 4.19. The minimum absolute atomic E-state index is 0.00812. The number of sulfonamides is 1. The van der Waals surface area contributed by atoms with E-state index in [0.29, 0.717) is 6.42 Å². The highest BCUT2D eigenvalue weighted by Gasteiger charge is 2.12. The van der Waals surface area contributed by atoms with Crippen molar-refractivity contribution in [1.29, 1.82) is 0 Å². The summed E-state index contributed by atoms with van der Waals surface area (Å²) >= 11 is 0. The Balaban J connectivity index is 2.43. The fourth-order valence-electron chi connectivity index (χ4n) is 1.78. The highest BCUT2D eigenvalue weighted by Crippen LogP contribution is 2.17. The molecule has 20 heavy (non-hydrogen) atoms. The SMILES string of the molecule is CCCNCCCCS(=O)(=O)Nc1cc(C)ccc1F. The molecule has 0 saturated carbocycles. The van der Waals surface area contributed by atoms with E-state index in [1.54, 1.807) is 13.0 Å². The Morgan fingerprint density at radius 2 is 1.95 bits per heavy atom. The van der Waals surface area contributed by atoms with Crippen molar-refractivity contribution >= 4 is 15.7 Å². The Hall–Kier alpha value is -1.14. The van der Waals surface area contributed by atoms with Crippen LogP contribution in [0.15, 0.2) is 18.2 Å². The molecule has 0 bridgehead atoms. The molecule has 1 aromatic carbocycles. The lowest BCUT2D eigenvalue weighted by atomic mass is 10.2. The lowest BCUT2D eigenvalue weighted by Gasteiger charge is -2.09. The van der Waals surface area contributed by atoms with E-state index in [2.05, 4.69) is 17.0 Å². The summed E-state index contributed by atoms with van der Waals surface area (Å²) in [6.07, 6.45) is 2.41. The molecule has 0 fully saturated rings. The molecule has 1 rings (SSSR count). The predicted octanol–water partition coefficient (Wildman–Crippen LogP) is 2.66. The lowest BCUT2D eigenvalue weighted by molar-refractivity contribution is 0.588. The van der Waals surface area contributed by atoms with Crippen molar-refractivity contribution in [1.82, 2.24) is 5.32 Å². The smallest absolute Gasteiger partial charge is 0.232 e. The number of nitrogens with one attached hydrogen (secondary N) is 2. The zero-order chi connectivity index (χ0) is 15.0. The zero-order valence-corrected chi connectivity index (χ0v) is 12.9. The molecule has 4 nitrogen and oxygen atoms in total. The molecule has 0 amide bonds. The van der Waals surface area contributed by atoms with Gasteiger partial charge in [-0.05, 0) is 57.0 Å². The number of rotatable bonds is 9. The minimum Gasteiger partial charge on any atom is -0.317 e. The van der Waals surface area contributed by atoms with E-state index in [1.165, 1.54) is 12.1 Å². The maximum atomic E-state index is 13.5. The van der Waals surface area contributed by atoms with E-state index in [4.69, 9.17) is 0 Å². The van der Waals surface area contributed by atoms with E-state index in [0.717, 1.165) is 31.5 Å². The second-order valence-electron chi connectivity index (χ2n) is 4.86. The van der Waals surface area contributed by atoms with E-state index < -0.39 is 15.8 Å². The predicted molar refractivity (Wildman–Crippen MR) is 80.9 cm³/mol. The van der Waals surface area contributed by atoms with Crippen molar-refractivity contribution in [3.8, 4) is 0 Å². The van der Waals surface area contributed by atoms with Crippen LogP contribution in [0.5, 0.6) is 0 Å². The van der Waals surface area contributed by atoms with Gasteiger partial charge in [-0.1, -0.05) is 13.0 Å². The molecule has 6 heteroatoms. The minimum atomic E-state index is -3.48. The summed E-state index contributed by atoms with van der Waals surface area (Å²) < 4.78 is 39.5. The van der Waals surface area contributed by atoms with Gasteiger partial charge in [0.2, 0.25) is 10.0 Å². The highest BCUT2D eigenvalue weighted by molar-refractivity contribution is 7.92. The van der Waals surface area contributed by atoms with Crippen LogP contribution in [-0.4, -0.2) is 27.3 Å². The van der Waals surface area contributed by atoms with Crippen LogP contribution in [0.1, 0.15) is 31.7 Å². The number of hydrogen-bond donors (Lipinski definition) is 2. The molecule has 2 N–H and O–H groups in total. The number of hydrogen-bond acceptors (Lipinski definition) is 3. The molecular formula is C14H23FN2O2S. The molecule has 0 aliphatic heterocycles. The lowest BCUT2D eigenvalue weighted by Crippen LogP contribution is -2.20. The number of halogens is 1. The number of anilines is 1. The number of aryl methyl sites for hydroxylation is 1. The summed E-state index contributed by atoms with van der Waals surface area (Å²) in [5.41, 5.74) is 0.835. The first-order chi connectivity index (χ1) is 9.44. The maximum absolute atomic E-state index is 13.5. The van der Waals surface area contributed by atoms with Gasteiger partial charge in [-0.25, -0.2) is 12.8 Å². The molecule has 114 valence electrons. The van der Waals surface area contributed by atoms with Crippen LogP contribution < -0.4 is 10.0 Å². The maximum Gasteiger partial charge on any atom is 0.232 e. The van der Waals surface area contributed by atoms with Crippen LogP contribution in [0.4, 0.5) is 10.1 Å². The largest absolute Gasteiger partial charge is 0.317 e. The molecule has 0 aliphatic rings. The third-order valence-electron chi connectivity index (χ3n) is 2.83. The third kappa shape index (κ3) is 6.34. The Kier molecular flexibility index (Phi) is 6.95. The zero-order valence-electron chi connectivity index (χ0n) is 12.1. The van der Waals surface area contributed by atoms with E-state index >= 15 is 0 Å². The molecule has 0 saturated heterocycles. The van der Waals surface area contributed by atoms with Crippen molar-refractivity contribution < 1.29 is 12.8 Å². The van der Waals surface area contributed by atoms with Gasteiger partial charge in [0.15, 0.2) is 0 Å². The van der Waals surface area contributed by atoms with Gasteiger partial charge >= 0.3 is 0 Å². The van der Waals surface area contributed by atoms with Crippen LogP contribution in [0.3, 0.4) is 0 Å². The van der Waals surface area contributed by atoms with Crippen LogP contribution in [0, 0.1) is 12.7 Å². The van der Waals surface area contributed by atoms with Gasteiger partial charge in [0.05, 0.1) is 11.4 Å². The molecular weight excluding hydrogens is 279 g/mol. The van der Waals surface area contributed by atoms with Gasteiger partial charge in [0.1, 0.15) is 5.82 Å². The first kappa shape index (κ1) is 16.9. The van der Waals surface area contributed by atoms with Crippen LogP contribution in [0.2, 0.25) is 0 Å². The van der Waals surface area contributed by atoms with Crippen molar-refractivity contribution in [3.63, 3.8) is 0 Å². The Bertz CT molecular complexity index is 518. The molecule has 0 unspecified atom stereocenters. The van der Waals surface area contributed by atoms with Gasteiger partial charge in [-0.15, -0.1) is 0 Å². The fourth-order valence-corrected chi connectivity index (χ4v) is 2.96. The van der Waals surface area contributed by atoms with Gasteiger partial charge in [-0.2, -0.15) is 0 Å². The Morgan fingerprint density at radius 1 is 1.20 bits per heavy atom. The molecule has 0 radical (unpaired) electrons. The standard InChI is InChI=1S/C14H23FN2O2S/c1-3-8-16-9-4-5-10-20(18,19)17-14-11-12(2)6-7-13(14)15/h6-7,11,16-17H,3-5,8-10H2,1-2H3. The first-order valence-electron chi connectivity index (χ1n) is 6.92. The average molecular weight is 302 g/mol. The van der Waals surface area contributed by atoms with Crippen molar-refractivity contribution in [3.05, 3.63) is 29.6 Å². The molecule has 0 spiro atoms. The first-order valence-corrected chi connectivity index (χ1v) is 8.57. The van der Waals surface area contributed by atoms with Gasteiger partial charge in [0.25, 0.3) is 0 Å². The van der Waals surface area contributed by atoms with Crippen LogP contribution in [0.25, 0.3) is 0 Å². The molecule has 1 aromatic rings. The average Bonchev–Trinajstić information content (AvgIpc) is 2.38. The second kappa shape index (κ2) is 8.21. The molecule has 0 atom stereocenters. The monoisotopic (exact) mass is 302 g/mol. The van der Waals surface area contributed by atoms with Crippen molar-refractivity contribution in [2.75, 3.05) is 23.6 Å². The van der Waals surface area contributed by atoms with Crippen LogP contribution >= 0.6 is 0 Å². The molecule has 0 aliphatic carbocycles. The van der Waals surface area contributed by atoms with Crippen LogP contribution in [-0.2, 0) is 10.0 Å².